The lowest BCUT2D eigenvalue weighted by atomic mass is 10.1. The summed E-state index contributed by atoms with van der Waals surface area (Å²) in [6.07, 6.45) is 1.74. The molecule has 1 aliphatic rings. The van der Waals surface area contributed by atoms with Gasteiger partial charge in [0.1, 0.15) is 0 Å². The van der Waals surface area contributed by atoms with Gasteiger partial charge in [0.05, 0.1) is 31.6 Å². The first kappa shape index (κ1) is 9.58. The molecule has 1 aromatic rings. The van der Waals surface area contributed by atoms with Crippen LogP contribution in [-0.2, 0) is 11.3 Å². The molecule has 2 rings (SSSR count). The number of ether oxygens (including phenoxy) is 1. The molecule has 76 valence electrons. The Bertz CT molecular complexity index is 298. The Hall–Kier alpha value is -0.970. The average molecular weight is 194 g/mol. The van der Waals surface area contributed by atoms with E-state index in [9.17, 15) is 0 Å². The zero-order valence-electron chi connectivity index (χ0n) is 7.94. The minimum absolute atomic E-state index is 0.0291. The quantitative estimate of drug-likeness (QED) is 0.708. The van der Waals surface area contributed by atoms with Gasteiger partial charge in [-0.05, 0) is 6.07 Å². The number of morpholine rings is 1. The van der Waals surface area contributed by atoms with E-state index in [0.717, 1.165) is 24.4 Å². The van der Waals surface area contributed by atoms with Crippen LogP contribution < -0.4 is 5.32 Å². The van der Waals surface area contributed by atoms with Crippen LogP contribution in [0.2, 0.25) is 0 Å². The fourth-order valence-electron chi connectivity index (χ4n) is 1.64. The van der Waals surface area contributed by atoms with Crippen LogP contribution in [0.4, 0.5) is 0 Å². The number of aliphatic hydroxyl groups excluding tert-OH is 1. The van der Waals surface area contributed by atoms with Crippen molar-refractivity contribution in [1.29, 1.82) is 0 Å². The summed E-state index contributed by atoms with van der Waals surface area (Å²) in [6.45, 7) is 2.25. The fourth-order valence-corrected chi connectivity index (χ4v) is 1.64. The van der Waals surface area contributed by atoms with Gasteiger partial charge in [-0.25, -0.2) is 0 Å². The van der Waals surface area contributed by atoms with Crippen molar-refractivity contribution in [1.82, 2.24) is 10.3 Å². The van der Waals surface area contributed by atoms with Gasteiger partial charge in [0.25, 0.3) is 0 Å². The van der Waals surface area contributed by atoms with Gasteiger partial charge < -0.3 is 15.2 Å². The first-order valence-electron chi connectivity index (χ1n) is 4.77. The van der Waals surface area contributed by atoms with Crippen LogP contribution in [0.5, 0.6) is 0 Å². The molecule has 0 aliphatic carbocycles. The van der Waals surface area contributed by atoms with Crippen LogP contribution >= 0.6 is 0 Å². The maximum Gasteiger partial charge on any atom is 0.0737 e. The lowest BCUT2D eigenvalue weighted by molar-refractivity contribution is 0.0748. The Morgan fingerprint density at radius 1 is 1.64 bits per heavy atom. The van der Waals surface area contributed by atoms with Crippen molar-refractivity contribution < 1.29 is 9.84 Å². The normalized spacial score (nSPS) is 22.2. The van der Waals surface area contributed by atoms with Gasteiger partial charge in [-0.1, -0.05) is 6.07 Å². The number of nitrogens with one attached hydrogen (secondary N) is 1. The van der Waals surface area contributed by atoms with E-state index >= 15 is 0 Å². The van der Waals surface area contributed by atoms with Gasteiger partial charge in [0.15, 0.2) is 0 Å². The number of aliphatic hydroxyl groups is 1. The van der Waals surface area contributed by atoms with Crippen molar-refractivity contribution in [2.75, 3.05) is 19.8 Å². The predicted molar refractivity (Wildman–Crippen MR) is 51.7 cm³/mol. The second-order valence-corrected chi connectivity index (χ2v) is 3.29. The summed E-state index contributed by atoms with van der Waals surface area (Å²) in [5.74, 6) is 0. The van der Waals surface area contributed by atoms with E-state index in [4.69, 9.17) is 9.84 Å². The summed E-state index contributed by atoms with van der Waals surface area (Å²) in [4.78, 5) is 4.27. The predicted octanol–water partition coefficient (Wildman–Crippen LogP) is 0.235. The summed E-state index contributed by atoms with van der Waals surface area (Å²) in [6, 6.07) is 3.84. The molecule has 1 aliphatic heterocycles. The molecule has 0 amide bonds. The first-order chi connectivity index (χ1) is 6.92. The fraction of sp³-hybridized carbons (Fsp3) is 0.500. The van der Waals surface area contributed by atoms with Crippen LogP contribution in [0.25, 0.3) is 0 Å². The second-order valence-electron chi connectivity index (χ2n) is 3.29. The summed E-state index contributed by atoms with van der Waals surface area (Å²) < 4.78 is 5.35. The molecule has 0 bridgehead atoms. The highest BCUT2D eigenvalue weighted by molar-refractivity contribution is 5.22. The maximum atomic E-state index is 9.14. The largest absolute Gasteiger partial charge is 0.392 e. The second kappa shape index (κ2) is 4.50. The zero-order valence-corrected chi connectivity index (χ0v) is 7.94. The molecule has 0 saturated carbocycles. The van der Waals surface area contributed by atoms with Crippen molar-refractivity contribution in [3.63, 3.8) is 0 Å². The SMILES string of the molecule is OCc1cccnc1[C@H]1COCCN1. The Morgan fingerprint density at radius 2 is 2.57 bits per heavy atom. The lowest BCUT2D eigenvalue weighted by Gasteiger charge is -2.24. The number of hydrogen-bond donors (Lipinski definition) is 2. The van der Waals surface area contributed by atoms with E-state index in [1.165, 1.54) is 0 Å². The van der Waals surface area contributed by atoms with E-state index < -0.39 is 0 Å². The van der Waals surface area contributed by atoms with Gasteiger partial charge in [0, 0.05) is 18.3 Å². The summed E-state index contributed by atoms with van der Waals surface area (Å²) >= 11 is 0. The minimum Gasteiger partial charge on any atom is -0.392 e. The molecule has 0 aromatic carbocycles. The highest BCUT2D eigenvalue weighted by Gasteiger charge is 2.18. The summed E-state index contributed by atoms with van der Waals surface area (Å²) in [5.41, 5.74) is 1.77. The molecule has 2 heterocycles. The number of nitrogens with zero attached hydrogens (tertiary/aromatic N) is 1. The van der Waals surface area contributed by atoms with Gasteiger partial charge in [-0.15, -0.1) is 0 Å². The third-order valence-electron chi connectivity index (χ3n) is 2.35. The third kappa shape index (κ3) is 1.92. The van der Waals surface area contributed by atoms with Crippen LogP contribution in [0.1, 0.15) is 17.3 Å². The monoisotopic (exact) mass is 194 g/mol. The van der Waals surface area contributed by atoms with Crippen molar-refractivity contribution in [3.8, 4) is 0 Å². The molecule has 4 heteroatoms. The third-order valence-corrected chi connectivity index (χ3v) is 2.35. The van der Waals surface area contributed by atoms with E-state index in [-0.39, 0.29) is 12.6 Å². The van der Waals surface area contributed by atoms with E-state index in [1.54, 1.807) is 6.20 Å². The highest BCUT2D eigenvalue weighted by atomic mass is 16.5. The van der Waals surface area contributed by atoms with Crippen molar-refractivity contribution in [2.45, 2.75) is 12.6 Å². The molecule has 0 spiro atoms. The summed E-state index contributed by atoms with van der Waals surface area (Å²) in [7, 11) is 0. The standard InChI is InChI=1S/C10H14N2O2/c13-6-8-2-1-3-12-10(8)9-7-14-5-4-11-9/h1-3,9,11,13H,4-7H2/t9-/m1/s1. The molecule has 1 atom stereocenters. The molecule has 1 fully saturated rings. The topological polar surface area (TPSA) is 54.4 Å². The van der Waals surface area contributed by atoms with Gasteiger partial charge in [0.2, 0.25) is 0 Å². The van der Waals surface area contributed by atoms with Crippen LogP contribution in [0.15, 0.2) is 18.3 Å². The van der Waals surface area contributed by atoms with Crippen LogP contribution in [-0.4, -0.2) is 29.8 Å². The molecule has 2 N–H and O–H groups in total. The van der Waals surface area contributed by atoms with Gasteiger partial charge in [-0.3, -0.25) is 4.98 Å². The smallest absolute Gasteiger partial charge is 0.0737 e. The Labute approximate surface area is 82.9 Å². The maximum absolute atomic E-state index is 9.14. The van der Waals surface area contributed by atoms with Crippen LogP contribution in [0.3, 0.4) is 0 Å². The van der Waals surface area contributed by atoms with Crippen LogP contribution in [0, 0.1) is 0 Å². The van der Waals surface area contributed by atoms with E-state index in [1.807, 2.05) is 12.1 Å². The molecule has 0 radical (unpaired) electrons. The Balaban J connectivity index is 2.20. The van der Waals surface area contributed by atoms with Gasteiger partial charge >= 0.3 is 0 Å². The van der Waals surface area contributed by atoms with Gasteiger partial charge in [-0.2, -0.15) is 0 Å². The lowest BCUT2D eigenvalue weighted by Crippen LogP contribution is -2.35. The Kier molecular flexibility index (Phi) is 3.08. The number of hydrogen-bond acceptors (Lipinski definition) is 4. The molecule has 0 unspecified atom stereocenters. The highest BCUT2D eigenvalue weighted by Crippen LogP contribution is 2.17. The molecular weight excluding hydrogens is 180 g/mol. The minimum atomic E-state index is 0.0291. The first-order valence-corrected chi connectivity index (χ1v) is 4.77. The zero-order chi connectivity index (χ0) is 9.80. The molecule has 4 nitrogen and oxygen atoms in total. The van der Waals surface area contributed by atoms with E-state index in [0.29, 0.717) is 6.61 Å². The van der Waals surface area contributed by atoms with Crippen molar-refractivity contribution in [3.05, 3.63) is 29.6 Å². The molecular formula is C10H14N2O2. The van der Waals surface area contributed by atoms with E-state index in [2.05, 4.69) is 10.3 Å². The molecule has 1 aromatic heterocycles. The van der Waals surface area contributed by atoms with Crippen molar-refractivity contribution >= 4 is 0 Å². The summed E-state index contributed by atoms with van der Waals surface area (Å²) in [5, 5.41) is 12.5. The molecule has 14 heavy (non-hydrogen) atoms. The van der Waals surface area contributed by atoms with Crippen molar-refractivity contribution in [2.24, 2.45) is 0 Å². The number of pyridine rings is 1. The number of rotatable bonds is 2. The number of aromatic nitrogens is 1. The average Bonchev–Trinajstić information content (AvgIpc) is 2.30. The Morgan fingerprint density at radius 3 is 3.29 bits per heavy atom. The molecule has 1 saturated heterocycles.